The molecule has 1 aromatic heterocycles. The number of benzene rings is 1. The number of carbonyl (C=O) groups is 1. The Hall–Kier alpha value is -2.34. The van der Waals surface area contributed by atoms with Crippen molar-refractivity contribution in [2.45, 2.75) is 19.3 Å². The van der Waals surface area contributed by atoms with E-state index in [1.807, 2.05) is 29.2 Å². The Labute approximate surface area is 146 Å². The van der Waals surface area contributed by atoms with Crippen molar-refractivity contribution in [1.29, 1.82) is 0 Å². The number of aliphatic imine (C=N–C) groups is 1. The van der Waals surface area contributed by atoms with Crippen molar-refractivity contribution in [3.05, 3.63) is 52.2 Å². The molecule has 24 heavy (non-hydrogen) atoms. The van der Waals surface area contributed by atoms with Crippen molar-refractivity contribution >= 4 is 28.9 Å². The van der Waals surface area contributed by atoms with Gasteiger partial charge in [0.1, 0.15) is 6.54 Å². The van der Waals surface area contributed by atoms with Gasteiger partial charge in [-0.05, 0) is 42.3 Å². The van der Waals surface area contributed by atoms with Gasteiger partial charge in [-0.2, -0.15) is 0 Å². The Morgan fingerprint density at radius 3 is 3.00 bits per heavy atom. The molecule has 0 saturated heterocycles. The highest BCUT2D eigenvalue weighted by Crippen LogP contribution is 2.26. The van der Waals surface area contributed by atoms with Crippen LogP contribution in [0.1, 0.15) is 16.9 Å². The number of nitrogens with two attached hydrogens (primary N) is 1. The number of rotatable bonds is 5. The number of fused-ring (bicyclic) bond motifs is 1. The van der Waals surface area contributed by atoms with Gasteiger partial charge >= 0.3 is 0 Å². The molecule has 126 valence electrons. The minimum absolute atomic E-state index is 0.00911. The van der Waals surface area contributed by atoms with E-state index in [0.717, 1.165) is 38.0 Å². The Morgan fingerprint density at radius 2 is 2.17 bits per heavy atom. The minimum atomic E-state index is -0.00911. The quantitative estimate of drug-likeness (QED) is 0.646. The van der Waals surface area contributed by atoms with E-state index in [-0.39, 0.29) is 12.5 Å². The first-order chi connectivity index (χ1) is 11.7. The topological polar surface area (TPSA) is 70.7 Å². The minimum Gasteiger partial charge on any atom is -0.370 e. The molecule has 0 bridgehead atoms. The van der Waals surface area contributed by atoms with Crippen LogP contribution in [0.4, 0.5) is 5.69 Å². The van der Waals surface area contributed by atoms with Crippen LogP contribution < -0.4 is 16.0 Å². The molecule has 0 fully saturated rings. The first-order valence-electron chi connectivity index (χ1n) is 8.18. The number of thiophene rings is 1. The molecule has 2 aromatic rings. The highest BCUT2D eigenvalue weighted by Gasteiger charge is 2.21. The molecule has 3 rings (SSSR count). The van der Waals surface area contributed by atoms with Gasteiger partial charge in [0.25, 0.3) is 0 Å². The van der Waals surface area contributed by atoms with Crippen LogP contribution >= 0.6 is 11.3 Å². The van der Waals surface area contributed by atoms with Crippen LogP contribution in [-0.4, -0.2) is 31.5 Å². The summed E-state index contributed by atoms with van der Waals surface area (Å²) < 4.78 is 0. The molecule has 6 heteroatoms. The van der Waals surface area contributed by atoms with Gasteiger partial charge in [0, 0.05) is 23.7 Å². The van der Waals surface area contributed by atoms with E-state index in [4.69, 9.17) is 5.73 Å². The summed E-state index contributed by atoms with van der Waals surface area (Å²) in [5.74, 6) is 0.315. The number of guanidine groups is 1. The average Bonchev–Trinajstić information content (AvgIpc) is 3.12. The molecule has 0 unspecified atom stereocenters. The second-order valence-corrected chi connectivity index (χ2v) is 6.77. The highest BCUT2D eigenvalue weighted by atomic mass is 32.1. The van der Waals surface area contributed by atoms with E-state index in [9.17, 15) is 4.79 Å². The Balaban J connectivity index is 1.51. The number of hydrogen-bond donors (Lipinski definition) is 2. The molecule has 0 saturated carbocycles. The van der Waals surface area contributed by atoms with Crippen LogP contribution in [0.5, 0.6) is 0 Å². The van der Waals surface area contributed by atoms with E-state index >= 15 is 0 Å². The molecule has 0 radical (unpaired) electrons. The standard InChI is InChI=1S/C18H22N4OS/c19-18(20-10-9-15-7-4-12-24-15)21-13-17(23)22-11-3-6-14-5-1-2-8-16(14)22/h1-2,4-5,7-8,12H,3,6,9-11,13H2,(H3,19,20,21). The molecule has 5 nitrogen and oxygen atoms in total. The number of anilines is 1. The number of hydrogen-bond acceptors (Lipinski definition) is 3. The van der Waals surface area contributed by atoms with Crippen LogP contribution in [0, 0.1) is 0 Å². The molecular formula is C18H22N4OS. The van der Waals surface area contributed by atoms with Crippen molar-refractivity contribution < 1.29 is 4.79 Å². The van der Waals surface area contributed by atoms with E-state index in [2.05, 4.69) is 27.8 Å². The number of carbonyl (C=O) groups excluding carboxylic acids is 1. The van der Waals surface area contributed by atoms with Crippen LogP contribution in [0.15, 0.2) is 46.8 Å². The zero-order valence-electron chi connectivity index (χ0n) is 13.6. The average molecular weight is 342 g/mol. The van der Waals surface area contributed by atoms with Gasteiger partial charge in [-0.15, -0.1) is 11.3 Å². The van der Waals surface area contributed by atoms with Crippen LogP contribution in [-0.2, 0) is 17.6 Å². The van der Waals surface area contributed by atoms with Gasteiger partial charge in [-0.1, -0.05) is 24.3 Å². The van der Waals surface area contributed by atoms with Gasteiger partial charge in [-0.3, -0.25) is 4.79 Å². The van der Waals surface area contributed by atoms with Gasteiger partial charge < -0.3 is 16.0 Å². The number of nitrogens with zero attached hydrogens (tertiary/aromatic N) is 2. The van der Waals surface area contributed by atoms with Crippen LogP contribution in [0.3, 0.4) is 0 Å². The smallest absolute Gasteiger partial charge is 0.248 e. The summed E-state index contributed by atoms with van der Waals surface area (Å²) in [5, 5.41) is 5.12. The second kappa shape index (κ2) is 7.97. The lowest BCUT2D eigenvalue weighted by Crippen LogP contribution is -2.39. The van der Waals surface area contributed by atoms with Gasteiger partial charge in [0.05, 0.1) is 0 Å². The van der Waals surface area contributed by atoms with E-state index < -0.39 is 0 Å². The number of nitrogens with one attached hydrogen (secondary N) is 1. The molecule has 2 heterocycles. The summed E-state index contributed by atoms with van der Waals surface area (Å²) >= 11 is 1.72. The fourth-order valence-corrected chi connectivity index (χ4v) is 3.56. The van der Waals surface area contributed by atoms with Gasteiger partial charge in [0.2, 0.25) is 5.91 Å². The fourth-order valence-electron chi connectivity index (χ4n) is 2.86. The fraction of sp³-hybridized carbons (Fsp3) is 0.333. The first-order valence-corrected chi connectivity index (χ1v) is 9.06. The maximum Gasteiger partial charge on any atom is 0.248 e. The third-order valence-corrected chi connectivity index (χ3v) is 4.99. The maximum atomic E-state index is 12.5. The summed E-state index contributed by atoms with van der Waals surface area (Å²) in [4.78, 5) is 19.8. The SMILES string of the molecule is NC(=NCC(=O)N1CCCc2ccccc21)NCCc1cccs1. The third kappa shape index (κ3) is 4.14. The molecular weight excluding hydrogens is 320 g/mol. The van der Waals surface area contributed by atoms with E-state index in [1.54, 1.807) is 11.3 Å². The Kier molecular flexibility index (Phi) is 5.48. The molecule has 1 amide bonds. The number of aryl methyl sites for hydroxylation is 1. The number of amides is 1. The highest BCUT2D eigenvalue weighted by molar-refractivity contribution is 7.09. The summed E-state index contributed by atoms with van der Waals surface area (Å²) in [7, 11) is 0. The normalized spacial score (nSPS) is 14.3. The molecule has 1 aliphatic rings. The Bertz CT molecular complexity index is 712. The summed E-state index contributed by atoms with van der Waals surface area (Å²) in [6.45, 7) is 1.54. The molecule has 0 atom stereocenters. The predicted octanol–water partition coefficient (Wildman–Crippen LogP) is 2.17. The summed E-state index contributed by atoms with van der Waals surface area (Å²) in [6.07, 6.45) is 2.91. The van der Waals surface area contributed by atoms with Crippen molar-refractivity contribution in [3.8, 4) is 0 Å². The molecule has 0 spiro atoms. The second-order valence-electron chi connectivity index (χ2n) is 5.74. The van der Waals surface area contributed by atoms with Gasteiger partial charge in [0.15, 0.2) is 5.96 Å². The van der Waals surface area contributed by atoms with E-state index in [0.29, 0.717) is 5.96 Å². The molecule has 1 aromatic carbocycles. The van der Waals surface area contributed by atoms with Crippen molar-refractivity contribution in [3.63, 3.8) is 0 Å². The van der Waals surface area contributed by atoms with Crippen molar-refractivity contribution in [2.24, 2.45) is 10.7 Å². The van der Waals surface area contributed by atoms with Crippen LogP contribution in [0.25, 0.3) is 0 Å². The molecule has 0 aliphatic carbocycles. The lowest BCUT2D eigenvalue weighted by atomic mass is 10.0. The Morgan fingerprint density at radius 1 is 1.29 bits per heavy atom. The van der Waals surface area contributed by atoms with Crippen LogP contribution in [0.2, 0.25) is 0 Å². The van der Waals surface area contributed by atoms with E-state index in [1.165, 1.54) is 10.4 Å². The predicted molar refractivity (Wildman–Crippen MR) is 99.6 cm³/mol. The summed E-state index contributed by atoms with van der Waals surface area (Å²) in [6, 6.07) is 12.2. The first kappa shape index (κ1) is 16.5. The van der Waals surface area contributed by atoms with Crippen molar-refractivity contribution in [2.75, 3.05) is 24.5 Å². The van der Waals surface area contributed by atoms with Crippen molar-refractivity contribution in [1.82, 2.24) is 5.32 Å². The lowest BCUT2D eigenvalue weighted by Gasteiger charge is -2.29. The maximum absolute atomic E-state index is 12.5. The molecule has 1 aliphatic heterocycles. The largest absolute Gasteiger partial charge is 0.370 e. The zero-order valence-corrected chi connectivity index (χ0v) is 14.4. The monoisotopic (exact) mass is 342 g/mol. The zero-order chi connectivity index (χ0) is 16.8. The van der Waals surface area contributed by atoms with Gasteiger partial charge in [-0.25, -0.2) is 4.99 Å². The third-order valence-electron chi connectivity index (χ3n) is 4.05. The summed E-state index contributed by atoms with van der Waals surface area (Å²) in [5.41, 5.74) is 8.09. The number of para-hydroxylation sites is 1. The lowest BCUT2D eigenvalue weighted by molar-refractivity contribution is -0.117. The molecule has 3 N–H and O–H groups in total.